The molecule has 0 amide bonds. The molecule has 3 aromatic heterocycles. The second kappa shape index (κ2) is 14.2. The largest absolute Gasteiger partial charge is 0.456 e. The number of fused-ring (bicyclic) bond motifs is 9. The summed E-state index contributed by atoms with van der Waals surface area (Å²) in [6.07, 6.45) is 0. The van der Waals surface area contributed by atoms with Gasteiger partial charge in [-0.15, -0.1) is 22.7 Å². The van der Waals surface area contributed by atoms with E-state index in [4.69, 9.17) is 14.4 Å². The summed E-state index contributed by atoms with van der Waals surface area (Å²) in [5, 5.41) is 6.91. The molecular weight excluding hydrogens is 747 g/mol. The number of nitrogens with zero attached hydrogens (tertiary/aromatic N) is 3. The fourth-order valence-corrected chi connectivity index (χ4v) is 10.4. The maximum absolute atomic E-state index is 6.60. The maximum Gasteiger partial charge on any atom is 0.161 e. The van der Waals surface area contributed by atoms with Gasteiger partial charge < -0.3 is 4.42 Å². The SMILES string of the molecule is C=N/C(=N\C(=N/Cc1ccc(-c2ccccc2)cc1)c1ccc2sc3ccccc3c2c1)c1cccc2oc3cc(-c4cccc5sc6ccccc6c45)ccc3c12. The van der Waals surface area contributed by atoms with Gasteiger partial charge in [0, 0.05) is 62.2 Å². The minimum absolute atomic E-state index is 0.453. The normalized spacial score (nSPS) is 12.5. The molecule has 0 unspecified atom stereocenters. The lowest BCUT2D eigenvalue weighted by molar-refractivity contribution is 0.669. The second-order valence-corrected chi connectivity index (χ2v) is 16.5. The third kappa shape index (κ3) is 5.93. The molecule has 274 valence electrons. The van der Waals surface area contributed by atoms with Crippen LogP contribution in [-0.2, 0) is 6.54 Å². The highest BCUT2D eigenvalue weighted by atomic mass is 32.1. The first kappa shape index (κ1) is 34.3. The first-order chi connectivity index (χ1) is 28.7. The fourth-order valence-electron chi connectivity index (χ4n) is 8.13. The van der Waals surface area contributed by atoms with E-state index >= 15 is 0 Å². The first-order valence-corrected chi connectivity index (χ1v) is 20.8. The summed E-state index contributed by atoms with van der Waals surface area (Å²) in [5.41, 5.74) is 9.09. The topological polar surface area (TPSA) is 50.2 Å². The number of benzene rings is 8. The number of rotatable bonds is 6. The van der Waals surface area contributed by atoms with Gasteiger partial charge in [0.25, 0.3) is 0 Å². The Bertz CT molecular complexity index is 3440. The summed E-state index contributed by atoms with van der Waals surface area (Å²) in [6, 6.07) is 61.8. The summed E-state index contributed by atoms with van der Waals surface area (Å²) < 4.78 is 11.6. The summed E-state index contributed by atoms with van der Waals surface area (Å²) in [6.45, 7) is 4.49. The molecule has 11 aromatic rings. The Labute approximate surface area is 342 Å². The molecule has 0 saturated carbocycles. The molecule has 4 nitrogen and oxygen atoms in total. The Morgan fingerprint density at radius 2 is 1.17 bits per heavy atom. The number of hydrogen-bond acceptors (Lipinski definition) is 4. The van der Waals surface area contributed by atoms with Crippen molar-refractivity contribution in [1.29, 1.82) is 0 Å². The van der Waals surface area contributed by atoms with Crippen LogP contribution in [0, 0.1) is 0 Å². The number of hydrogen-bond donors (Lipinski definition) is 0. The quantitative estimate of drug-likeness (QED) is 0.122. The van der Waals surface area contributed by atoms with Crippen molar-refractivity contribution in [2.45, 2.75) is 6.54 Å². The van der Waals surface area contributed by atoms with E-state index in [9.17, 15) is 0 Å². The highest BCUT2D eigenvalue weighted by Crippen LogP contribution is 2.42. The van der Waals surface area contributed by atoms with Gasteiger partial charge in [0.1, 0.15) is 11.2 Å². The zero-order valence-electron chi connectivity index (χ0n) is 31.2. The molecule has 0 radical (unpaired) electrons. The lowest BCUT2D eigenvalue weighted by Gasteiger charge is -2.08. The van der Waals surface area contributed by atoms with Crippen molar-refractivity contribution >= 4 is 103 Å². The van der Waals surface area contributed by atoms with Crippen LogP contribution in [0.25, 0.3) is 84.5 Å². The van der Waals surface area contributed by atoms with Gasteiger partial charge in [0.05, 0.1) is 6.54 Å². The van der Waals surface area contributed by atoms with Crippen LogP contribution in [0.1, 0.15) is 16.7 Å². The van der Waals surface area contributed by atoms with Crippen LogP contribution in [0.15, 0.2) is 195 Å². The van der Waals surface area contributed by atoms with Crippen LogP contribution < -0.4 is 0 Å². The number of thiophene rings is 2. The van der Waals surface area contributed by atoms with Gasteiger partial charge in [-0.3, -0.25) is 4.99 Å². The number of amidine groups is 2. The Morgan fingerprint density at radius 1 is 0.483 bits per heavy atom. The third-order valence-corrected chi connectivity index (χ3v) is 13.2. The minimum Gasteiger partial charge on any atom is -0.456 e. The van der Waals surface area contributed by atoms with E-state index in [0.717, 1.165) is 44.2 Å². The molecule has 3 heterocycles. The van der Waals surface area contributed by atoms with E-state index in [1.807, 2.05) is 35.6 Å². The van der Waals surface area contributed by atoms with Crippen LogP contribution in [0.2, 0.25) is 0 Å². The number of aliphatic imine (C=N–C) groups is 3. The molecule has 0 spiro atoms. The van der Waals surface area contributed by atoms with Crippen LogP contribution >= 0.6 is 22.7 Å². The fraction of sp³-hybridized carbons (Fsp3) is 0.0192. The Balaban J connectivity index is 1.03. The van der Waals surface area contributed by atoms with Crippen molar-refractivity contribution in [3.05, 3.63) is 193 Å². The molecule has 0 bridgehead atoms. The molecule has 0 N–H and O–H groups in total. The minimum atomic E-state index is 0.453. The monoisotopic (exact) mass is 779 g/mol. The second-order valence-electron chi connectivity index (χ2n) is 14.4. The van der Waals surface area contributed by atoms with Crippen molar-refractivity contribution in [3.63, 3.8) is 0 Å². The van der Waals surface area contributed by atoms with Gasteiger partial charge in [-0.1, -0.05) is 121 Å². The summed E-state index contributed by atoms with van der Waals surface area (Å²) in [4.78, 5) is 15.0. The van der Waals surface area contributed by atoms with E-state index in [0.29, 0.717) is 18.2 Å². The molecule has 11 rings (SSSR count). The van der Waals surface area contributed by atoms with E-state index in [-0.39, 0.29) is 0 Å². The molecule has 0 saturated heterocycles. The van der Waals surface area contributed by atoms with Crippen LogP contribution in [0.5, 0.6) is 0 Å². The van der Waals surface area contributed by atoms with Gasteiger partial charge in [0.15, 0.2) is 11.7 Å². The van der Waals surface area contributed by atoms with Gasteiger partial charge >= 0.3 is 0 Å². The molecule has 0 fully saturated rings. The van der Waals surface area contributed by atoms with Gasteiger partial charge in [-0.2, -0.15) is 0 Å². The van der Waals surface area contributed by atoms with Crippen molar-refractivity contribution in [3.8, 4) is 22.3 Å². The van der Waals surface area contributed by atoms with Crippen molar-refractivity contribution < 1.29 is 4.42 Å². The number of furan rings is 1. The van der Waals surface area contributed by atoms with Gasteiger partial charge in [0.2, 0.25) is 0 Å². The van der Waals surface area contributed by atoms with Crippen LogP contribution in [0.4, 0.5) is 0 Å². The highest BCUT2D eigenvalue weighted by Gasteiger charge is 2.18. The Morgan fingerprint density at radius 3 is 2.02 bits per heavy atom. The Hall–Kier alpha value is -6.99. The van der Waals surface area contributed by atoms with Gasteiger partial charge in [-0.25, -0.2) is 9.98 Å². The molecule has 0 atom stereocenters. The first-order valence-electron chi connectivity index (χ1n) is 19.2. The molecular formula is C52H33N3OS2. The summed E-state index contributed by atoms with van der Waals surface area (Å²) >= 11 is 3.63. The molecule has 0 aliphatic rings. The third-order valence-electron chi connectivity index (χ3n) is 10.9. The predicted octanol–water partition coefficient (Wildman–Crippen LogP) is 14.7. The maximum atomic E-state index is 6.60. The lowest BCUT2D eigenvalue weighted by Crippen LogP contribution is -2.06. The zero-order valence-corrected chi connectivity index (χ0v) is 32.9. The molecule has 58 heavy (non-hydrogen) atoms. The molecule has 8 aromatic carbocycles. The molecule has 6 heteroatoms. The average Bonchev–Trinajstić information content (AvgIpc) is 3.98. The standard InChI is InChI=1S/C52H33N3OS2/c1-53-52(41-16-9-17-43-49(41)39-27-25-35(30-44(39)56-43)37-15-10-20-48-50(37)40-14-6-8-19-46(40)58-48)55-51(36-26-28-47-42(29-36)38-13-5-7-18-45(38)57-47)54-31-32-21-23-34(24-22-32)33-11-3-2-4-12-33/h2-30H,1,31H2/b54-51-,55-52-. The van der Waals surface area contributed by atoms with Crippen LogP contribution in [0.3, 0.4) is 0 Å². The van der Waals surface area contributed by atoms with E-state index in [1.165, 1.54) is 57.0 Å². The van der Waals surface area contributed by atoms with Crippen molar-refractivity contribution in [2.24, 2.45) is 15.0 Å². The average molecular weight is 780 g/mol. The van der Waals surface area contributed by atoms with E-state index < -0.39 is 0 Å². The zero-order chi connectivity index (χ0) is 38.6. The van der Waals surface area contributed by atoms with Gasteiger partial charge in [-0.05, 0) is 89.1 Å². The smallest absolute Gasteiger partial charge is 0.161 e. The molecule has 0 aliphatic carbocycles. The summed E-state index contributed by atoms with van der Waals surface area (Å²) in [5.74, 6) is 1.08. The van der Waals surface area contributed by atoms with E-state index in [2.05, 4.69) is 163 Å². The van der Waals surface area contributed by atoms with Crippen molar-refractivity contribution in [2.75, 3.05) is 0 Å². The molecule has 0 aliphatic heterocycles. The predicted molar refractivity (Wildman–Crippen MR) is 250 cm³/mol. The van der Waals surface area contributed by atoms with Crippen LogP contribution in [-0.4, -0.2) is 18.4 Å². The Kier molecular flexibility index (Phi) is 8.38. The highest BCUT2D eigenvalue weighted by molar-refractivity contribution is 7.26. The van der Waals surface area contributed by atoms with E-state index in [1.54, 1.807) is 11.3 Å². The lowest BCUT2D eigenvalue weighted by atomic mass is 9.98. The summed E-state index contributed by atoms with van der Waals surface area (Å²) in [7, 11) is 0. The van der Waals surface area contributed by atoms with Crippen molar-refractivity contribution in [1.82, 2.24) is 0 Å².